The maximum Gasteiger partial charge on any atom is 0.139 e. The van der Waals surface area contributed by atoms with Crippen molar-refractivity contribution in [3.63, 3.8) is 0 Å². The van der Waals surface area contributed by atoms with Crippen molar-refractivity contribution < 1.29 is 5.11 Å². The summed E-state index contributed by atoms with van der Waals surface area (Å²) in [4.78, 5) is 2.03. The fourth-order valence-electron chi connectivity index (χ4n) is 1.77. The number of halogens is 1. The zero-order chi connectivity index (χ0) is 11.9. The van der Waals surface area contributed by atoms with Crippen LogP contribution >= 0.6 is 22.9 Å². The fraction of sp³-hybridized carbons (Fsp3) is 0.364. The van der Waals surface area contributed by atoms with E-state index in [9.17, 15) is 5.11 Å². The van der Waals surface area contributed by atoms with Crippen LogP contribution in [0.5, 0.6) is 0 Å². The predicted molar refractivity (Wildman–Crippen MR) is 65.9 cm³/mol. The Kier molecular flexibility index (Phi) is 2.82. The normalized spacial score (nSPS) is 15.1. The molecule has 0 saturated heterocycles. The summed E-state index contributed by atoms with van der Waals surface area (Å²) in [6, 6.07) is 3.90. The Bertz CT molecular complexity index is 496. The van der Waals surface area contributed by atoms with Gasteiger partial charge in [-0.1, -0.05) is 11.6 Å². The lowest BCUT2D eigenvalue weighted by molar-refractivity contribution is 0.0969. The van der Waals surface area contributed by atoms with Crippen LogP contribution in [0.1, 0.15) is 22.4 Å². The van der Waals surface area contributed by atoms with E-state index in [1.165, 1.54) is 0 Å². The molecule has 16 heavy (non-hydrogen) atoms. The summed E-state index contributed by atoms with van der Waals surface area (Å²) < 4.78 is 1.61. The first-order valence-corrected chi connectivity index (χ1v) is 6.09. The summed E-state index contributed by atoms with van der Waals surface area (Å²) in [6.07, 6.45) is 1.55. The molecule has 1 unspecified atom stereocenters. The van der Waals surface area contributed by atoms with E-state index in [2.05, 4.69) is 5.10 Å². The van der Waals surface area contributed by atoms with Gasteiger partial charge in [-0.3, -0.25) is 4.68 Å². The lowest BCUT2D eigenvalue weighted by atomic mass is 10.0. The monoisotopic (exact) mass is 256 g/mol. The van der Waals surface area contributed by atoms with Gasteiger partial charge in [0.25, 0.3) is 0 Å². The maximum absolute atomic E-state index is 10.6. The van der Waals surface area contributed by atoms with Crippen LogP contribution in [0.15, 0.2) is 18.3 Å². The third kappa shape index (κ3) is 1.77. The van der Waals surface area contributed by atoms with Crippen LogP contribution in [0.25, 0.3) is 0 Å². The van der Waals surface area contributed by atoms with E-state index >= 15 is 0 Å². The molecular formula is C11H13ClN2OS. The van der Waals surface area contributed by atoms with Gasteiger partial charge in [-0.2, -0.15) is 5.10 Å². The van der Waals surface area contributed by atoms with Gasteiger partial charge in [0.05, 0.1) is 16.9 Å². The second kappa shape index (κ2) is 3.87. The average molecular weight is 257 g/mol. The molecule has 3 nitrogen and oxygen atoms in total. The molecule has 2 rings (SSSR count). The molecule has 0 aromatic carbocycles. The highest BCUT2D eigenvalue weighted by molar-refractivity contribution is 7.12. The minimum absolute atomic E-state index is 0.485. The zero-order valence-corrected chi connectivity index (χ0v) is 10.9. The Balaban J connectivity index is 2.54. The van der Waals surface area contributed by atoms with Crippen LogP contribution in [-0.2, 0) is 12.6 Å². The van der Waals surface area contributed by atoms with Gasteiger partial charge in [-0.15, -0.1) is 11.3 Å². The van der Waals surface area contributed by atoms with E-state index in [0.29, 0.717) is 10.7 Å². The Hall–Kier alpha value is -0.840. The third-order valence-electron chi connectivity index (χ3n) is 2.58. The predicted octanol–water partition coefficient (Wildman–Crippen LogP) is 2.70. The molecule has 1 atom stereocenters. The van der Waals surface area contributed by atoms with Crippen molar-refractivity contribution in [1.82, 2.24) is 9.78 Å². The second-order valence-corrected chi connectivity index (χ2v) is 5.64. The quantitative estimate of drug-likeness (QED) is 0.897. The maximum atomic E-state index is 10.6. The highest BCUT2D eigenvalue weighted by Gasteiger charge is 2.32. The number of aliphatic hydroxyl groups is 1. The molecule has 86 valence electrons. The van der Waals surface area contributed by atoms with Gasteiger partial charge in [0.1, 0.15) is 5.60 Å². The van der Waals surface area contributed by atoms with Crippen LogP contribution < -0.4 is 0 Å². The summed E-state index contributed by atoms with van der Waals surface area (Å²) in [6.45, 7) is 3.75. The molecule has 0 aliphatic rings. The van der Waals surface area contributed by atoms with Crippen LogP contribution in [0, 0.1) is 6.92 Å². The lowest BCUT2D eigenvalue weighted by Gasteiger charge is -2.22. The van der Waals surface area contributed by atoms with Gasteiger partial charge in [0.2, 0.25) is 0 Å². The van der Waals surface area contributed by atoms with Crippen LogP contribution in [0.4, 0.5) is 0 Å². The molecular weight excluding hydrogens is 244 g/mol. The van der Waals surface area contributed by atoms with E-state index in [1.807, 2.05) is 19.1 Å². The summed E-state index contributed by atoms with van der Waals surface area (Å²) >= 11 is 7.61. The molecule has 0 radical (unpaired) electrons. The molecule has 0 amide bonds. The first-order chi connectivity index (χ1) is 7.43. The van der Waals surface area contributed by atoms with Crippen molar-refractivity contribution in [2.24, 2.45) is 7.05 Å². The average Bonchev–Trinajstić information content (AvgIpc) is 2.74. The first-order valence-electron chi connectivity index (χ1n) is 4.90. The summed E-state index contributed by atoms with van der Waals surface area (Å²) in [5, 5.41) is 15.1. The fourth-order valence-corrected chi connectivity index (χ4v) is 3.04. The van der Waals surface area contributed by atoms with Gasteiger partial charge in [-0.05, 0) is 26.0 Å². The second-order valence-electron chi connectivity index (χ2n) is 3.95. The van der Waals surface area contributed by atoms with Crippen molar-refractivity contribution in [1.29, 1.82) is 0 Å². The molecule has 1 N–H and O–H groups in total. The van der Waals surface area contributed by atoms with E-state index in [4.69, 9.17) is 11.6 Å². The zero-order valence-electron chi connectivity index (χ0n) is 9.36. The first kappa shape index (κ1) is 11.6. The van der Waals surface area contributed by atoms with Crippen molar-refractivity contribution in [2.75, 3.05) is 0 Å². The topological polar surface area (TPSA) is 38.1 Å². The van der Waals surface area contributed by atoms with Crippen molar-refractivity contribution in [2.45, 2.75) is 19.4 Å². The number of aryl methyl sites for hydroxylation is 2. The lowest BCUT2D eigenvalue weighted by Crippen LogP contribution is -2.25. The molecule has 2 aromatic rings. The van der Waals surface area contributed by atoms with E-state index in [0.717, 1.165) is 9.75 Å². The van der Waals surface area contributed by atoms with E-state index in [1.54, 1.807) is 36.2 Å². The molecule has 2 aromatic heterocycles. The molecule has 0 aliphatic carbocycles. The molecule has 5 heteroatoms. The smallest absolute Gasteiger partial charge is 0.139 e. The Morgan fingerprint density at radius 1 is 1.50 bits per heavy atom. The summed E-state index contributed by atoms with van der Waals surface area (Å²) in [7, 11) is 1.77. The van der Waals surface area contributed by atoms with Crippen LogP contribution in [0.2, 0.25) is 5.02 Å². The number of thiophene rings is 1. The number of nitrogens with zero attached hydrogens (tertiary/aromatic N) is 2. The molecule has 2 heterocycles. The molecule has 0 bridgehead atoms. The number of aromatic nitrogens is 2. The van der Waals surface area contributed by atoms with Gasteiger partial charge in [0, 0.05) is 16.8 Å². The summed E-state index contributed by atoms with van der Waals surface area (Å²) in [5.74, 6) is 0. The SMILES string of the molecule is Cc1ccc(C(C)(O)c2c(Cl)cnn2C)s1. The Morgan fingerprint density at radius 2 is 2.19 bits per heavy atom. The number of hydrogen-bond acceptors (Lipinski definition) is 3. The van der Waals surface area contributed by atoms with Crippen LogP contribution in [-0.4, -0.2) is 14.9 Å². The van der Waals surface area contributed by atoms with Gasteiger partial charge in [-0.25, -0.2) is 0 Å². The number of rotatable bonds is 2. The molecule has 0 saturated carbocycles. The minimum Gasteiger partial charge on any atom is -0.378 e. The van der Waals surface area contributed by atoms with Crippen molar-refractivity contribution in [3.05, 3.63) is 38.8 Å². The standard InChI is InChI=1S/C11H13ClN2OS/c1-7-4-5-9(16-7)11(2,15)10-8(12)6-13-14(10)3/h4-6,15H,1-3H3. The van der Waals surface area contributed by atoms with Crippen molar-refractivity contribution in [3.8, 4) is 0 Å². The Labute approximate surface area is 103 Å². The largest absolute Gasteiger partial charge is 0.378 e. The molecule has 0 aliphatic heterocycles. The van der Waals surface area contributed by atoms with E-state index in [-0.39, 0.29) is 0 Å². The third-order valence-corrected chi connectivity index (χ3v) is 4.06. The highest BCUT2D eigenvalue weighted by Crippen LogP contribution is 2.36. The van der Waals surface area contributed by atoms with Gasteiger partial charge < -0.3 is 5.11 Å². The number of hydrogen-bond donors (Lipinski definition) is 1. The molecule has 0 fully saturated rings. The van der Waals surface area contributed by atoms with E-state index < -0.39 is 5.60 Å². The van der Waals surface area contributed by atoms with Gasteiger partial charge >= 0.3 is 0 Å². The minimum atomic E-state index is -1.10. The highest BCUT2D eigenvalue weighted by atomic mass is 35.5. The summed E-state index contributed by atoms with van der Waals surface area (Å²) in [5.41, 5.74) is -0.475. The van der Waals surface area contributed by atoms with Crippen molar-refractivity contribution >= 4 is 22.9 Å². The Morgan fingerprint density at radius 3 is 2.62 bits per heavy atom. The van der Waals surface area contributed by atoms with Gasteiger partial charge in [0.15, 0.2) is 0 Å². The van der Waals surface area contributed by atoms with Crippen LogP contribution in [0.3, 0.4) is 0 Å². The molecule has 0 spiro atoms.